The van der Waals surface area contributed by atoms with Crippen molar-refractivity contribution in [1.82, 2.24) is 5.06 Å². The lowest BCUT2D eigenvalue weighted by atomic mass is 10.7. The maximum atomic E-state index is 9.39. The van der Waals surface area contributed by atoms with Crippen LogP contribution < -0.4 is 0 Å². The molecule has 0 aromatic heterocycles. The third kappa shape index (κ3) is 2.92. The molecule has 0 spiro atoms. The van der Waals surface area contributed by atoms with E-state index in [1.54, 1.807) is 0 Å². The van der Waals surface area contributed by atoms with Crippen LogP contribution in [0.15, 0.2) is 0 Å². The molecule has 4 heteroatoms. The van der Waals surface area contributed by atoms with E-state index in [1.807, 2.05) is 0 Å². The van der Waals surface area contributed by atoms with Gasteiger partial charge in [-0.2, -0.15) is 0 Å². The molecule has 0 saturated carbocycles. The predicted octanol–water partition coefficient (Wildman–Crippen LogP) is -1.06. The van der Waals surface area contributed by atoms with E-state index in [9.17, 15) is 9.59 Å². The van der Waals surface area contributed by atoms with Crippen molar-refractivity contribution in [2.45, 2.75) is 0 Å². The molecule has 0 rings (SSSR count). The van der Waals surface area contributed by atoms with Crippen molar-refractivity contribution < 1.29 is 14.8 Å². The summed E-state index contributed by atoms with van der Waals surface area (Å²) < 4.78 is 0. The number of hydrogen-bond acceptors (Lipinski definition) is 3. The molecule has 1 N–H and O–H groups in total. The summed E-state index contributed by atoms with van der Waals surface area (Å²) in [6.07, 6.45) is 1.44. The van der Waals surface area contributed by atoms with Gasteiger partial charge < -0.3 is 0 Å². The number of amides is 1. The minimum absolute atomic E-state index is 0.130. The van der Waals surface area contributed by atoms with Crippen LogP contribution in [0, 0.1) is 0 Å². The van der Waals surface area contributed by atoms with Crippen LogP contribution in [0.25, 0.3) is 0 Å². The molecule has 1 radical (unpaired) electrons. The van der Waals surface area contributed by atoms with Gasteiger partial charge in [0.05, 0.1) is 0 Å². The molecule has 0 aliphatic carbocycles. The van der Waals surface area contributed by atoms with E-state index < -0.39 is 0 Å². The second kappa shape index (κ2) is 3.30. The Morgan fingerprint density at radius 1 is 1.86 bits per heavy atom. The fourth-order valence-corrected chi connectivity index (χ4v) is 0.103. The highest BCUT2D eigenvalue weighted by Crippen LogP contribution is 1.64. The lowest BCUT2D eigenvalue weighted by Gasteiger charge is -1.97. The molecule has 0 aromatic carbocycles. The molecule has 7 heavy (non-hydrogen) atoms. The minimum atomic E-state index is -0.385. The summed E-state index contributed by atoms with van der Waals surface area (Å²) >= 11 is 0. The summed E-state index contributed by atoms with van der Waals surface area (Å²) in [7, 11) is 0. The molecule has 39 valence electrons. The zero-order valence-electron chi connectivity index (χ0n) is 3.50. The Morgan fingerprint density at radius 3 is 2.57 bits per heavy atom. The van der Waals surface area contributed by atoms with Crippen LogP contribution in [0.2, 0.25) is 0 Å². The van der Waals surface area contributed by atoms with Crippen LogP contribution in [0.3, 0.4) is 0 Å². The van der Waals surface area contributed by atoms with Crippen LogP contribution in [0.4, 0.5) is 0 Å². The summed E-state index contributed by atoms with van der Waals surface area (Å²) in [5.74, 6) is 0. The molecule has 0 saturated heterocycles. The highest BCUT2D eigenvalue weighted by Gasteiger charge is 1.89. The molecular weight excluding hydrogens is 98.0 g/mol. The SMILES string of the molecule is O=[C]CN(O)C=O. The predicted molar refractivity (Wildman–Crippen MR) is 20.2 cm³/mol. The van der Waals surface area contributed by atoms with Gasteiger partial charge in [-0.05, 0) is 0 Å². The van der Waals surface area contributed by atoms with E-state index in [4.69, 9.17) is 5.21 Å². The molecule has 0 aromatic rings. The number of carbonyl (C=O) groups is 1. The Labute approximate surface area is 40.3 Å². The van der Waals surface area contributed by atoms with Crippen molar-refractivity contribution in [3.05, 3.63) is 0 Å². The van der Waals surface area contributed by atoms with Crippen LogP contribution in [0.1, 0.15) is 0 Å². The summed E-state index contributed by atoms with van der Waals surface area (Å²) in [5.41, 5.74) is 0. The molecule has 0 atom stereocenters. The third-order valence-corrected chi connectivity index (χ3v) is 0.348. The quantitative estimate of drug-likeness (QED) is 0.281. The Morgan fingerprint density at radius 2 is 2.43 bits per heavy atom. The Bertz CT molecular complexity index is 72.6. The van der Waals surface area contributed by atoms with Gasteiger partial charge in [0, 0.05) is 0 Å². The van der Waals surface area contributed by atoms with Gasteiger partial charge in [0.1, 0.15) is 6.54 Å². The summed E-state index contributed by atoms with van der Waals surface area (Å²) in [4.78, 5) is 18.7. The van der Waals surface area contributed by atoms with E-state index in [1.165, 1.54) is 6.29 Å². The lowest BCUT2D eigenvalue weighted by molar-refractivity contribution is -0.146. The Balaban J connectivity index is 3.15. The molecule has 0 fully saturated rings. The molecule has 0 heterocycles. The molecular formula is C3H4NO3. The van der Waals surface area contributed by atoms with Gasteiger partial charge in [-0.3, -0.25) is 14.8 Å². The minimum Gasteiger partial charge on any atom is -0.289 e. The lowest BCUT2D eigenvalue weighted by Crippen LogP contribution is -2.18. The molecule has 0 aliphatic heterocycles. The van der Waals surface area contributed by atoms with Crippen LogP contribution >= 0.6 is 0 Å². The fraction of sp³-hybridized carbons (Fsp3) is 0.333. The number of hydrogen-bond donors (Lipinski definition) is 1. The van der Waals surface area contributed by atoms with Crippen LogP contribution in [-0.4, -0.2) is 29.5 Å². The molecule has 1 amide bonds. The van der Waals surface area contributed by atoms with E-state index in [0.29, 0.717) is 0 Å². The van der Waals surface area contributed by atoms with Gasteiger partial charge in [0.15, 0.2) is 0 Å². The normalized spacial score (nSPS) is 7.57. The van der Waals surface area contributed by atoms with Gasteiger partial charge in [-0.15, -0.1) is 0 Å². The van der Waals surface area contributed by atoms with E-state index in [2.05, 4.69) is 0 Å². The second-order valence-electron chi connectivity index (χ2n) is 0.847. The first-order chi connectivity index (χ1) is 3.31. The zero-order chi connectivity index (χ0) is 5.70. The highest BCUT2D eigenvalue weighted by atomic mass is 16.5. The van der Waals surface area contributed by atoms with Crippen LogP contribution in [0.5, 0.6) is 0 Å². The first-order valence-corrected chi connectivity index (χ1v) is 1.57. The molecule has 4 nitrogen and oxygen atoms in total. The average molecular weight is 102 g/mol. The van der Waals surface area contributed by atoms with E-state index >= 15 is 0 Å². The smallest absolute Gasteiger partial charge is 0.233 e. The van der Waals surface area contributed by atoms with E-state index in [0.717, 1.165) is 0 Å². The van der Waals surface area contributed by atoms with Gasteiger partial charge in [-0.1, -0.05) is 0 Å². The monoisotopic (exact) mass is 102 g/mol. The molecule has 0 bridgehead atoms. The summed E-state index contributed by atoms with van der Waals surface area (Å²) in [6, 6.07) is 0. The van der Waals surface area contributed by atoms with Crippen molar-refractivity contribution >= 4 is 12.7 Å². The number of nitrogens with zero attached hydrogens (tertiary/aromatic N) is 1. The summed E-state index contributed by atoms with van der Waals surface area (Å²) in [5, 5.41) is 8.26. The van der Waals surface area contributed by atoms with Crippen LogP contribution in [-0.2, 0) is 9.59 Å². The molecule has 0 aliphatic rings. The fourth-order valence-electron chi connectivity index (χ4n) is 0.103. The maximum absolute atomic E-state index is 9.39. The maximum Gasteiger partial charge on any atom is 0.233 e. The molecule has 0 unspecified atom stereocenters. The first kappa shape index (κ1) is 6.10. The van der Waals surface area contributed by atoms with Gasteiger partial charge >= 0.3 is 0 Å². The third-order valence-electron chi connectivity index (χ3n) is 0.348. The van der Waals surface area contributed by atoms with Crippen molar-refractivity contribution in [2.75, 3.05) is 6.54 Å². The van der Waals surface area contributed by atoms with Gasteiger partial charge in [0.25, 0.3) is 0 Å². The largest absolute Gasteiger partial charge is 0.289 e. The average Bonchev–Trinajstić information content (AvgIpc) is 1.68. The first-order valence-electron chi connectivity index (χ1n) is 1.57. The highest BCUT2D eigenvalue weighted by molar-refractivity contribution is 5.58. The van der Waals surface area contributed by atoms with Crippen molar-refractivity contribution in [2.24, 2.45) is 0 Å². The topological polar surface area (TPSA) is 57.6 Å². The number of carbonyl (C=O) groups excluding carboxylic acids is 2. The van der Waals surface area contributed by atoms with Crippen molar-refractivity contribution in [3.8, 4) is 0 Å². The van der Waals surface area contributed by atoms with E-state index in [-0.39, 0.29) is 18.0 Å². The van der Waals surface area contributed by atoms with Crippen molar-refractivity contribution in [3.63, 3.8) is 0 Å². The van der Waals surface area contributed by atoms with Gasteiger partial charge in [-0.25, -0.2) is 5.06 Å². The zero-order valence-corrected chi connectivity index (χ0v) is 3.50. The second-order valence-corrected chi connectivity index (χ2v) is 0.847. The number of rotatable bonds is 3. The summed E-state index contributed by atoms with van der Waals surface area (Å²) in [6.45, 7) is -0.385. The van der Waals surface area contributed by atoms with Crippen molar-refractivity contribution in [1.29, 1.82) is 0 Å². The standard InChI is InChI=1S/C3H4NO3/c5-2-1-4(7)3-6/h3,7H,1H2. The number of hydroxylamine groups is 2. The Hall–Kier alpha value is -0.900. The Kier molecular flexibility index (Phi) is 2.87. The van der Waals surface area contributed by atoms with Gasteiger partial charge in [0.2, 0.25) is 12.7 Å².